The van der Waals surface area contributed by atoms with Crippen LogP contribution in [0.15, 0.2) is 24.3 Å². The van der Waals surface area contributed by atoms with Crippen LogP contribution in [0, 0.1) is 0 Å². The largest absolute Gasteiger partial charge is 0.494 e. The van der Waals surface area contributed by atoms with Gasteiger partial charge in [0, 0.05) is 19.2 Å². The molecule has 3 heteroatoms. The quantitative estimate of drug-likeness (QED) is 0.894. The van der Waals surface area contributed by atoms with E-state index in [1.54, 1.807) is 0 Å². The lowest BCUT2D eigenvalue weighted by Gasteiger charge is -2.47. The standard InChI is InChI=1S/C17H25NO2/c1-2-19-16-6-3-5-14(11-16)13-18-15-7-10-20-17(12-15)8-4-9-17/h3,5-6,11,15,18H,2,4,7-10,12-13H2,1H3. The first-order chi connectivity index (χ1) is 9.80. The second-order valence-corrected chi connectivity index (χ2v) is 6.04. The van der Waals surface area contributed by atoms with Crippen molar-refractivity contribution in [1.82, 2.24) is 5.32 Å². The van der Waals surface area contributed by atoms with Gasteiger partial charge in [-0.15, -0.1) is 0 Å². The molecule has 0 aromatic heterocycles. The van der Waals surface area contributed by atoms with Crippen LogP contribution in [0.1, 0.15) is 44.6 Å². The normalized spacial score (nSPS) is 24.4. The van der Waals surface area contributed by atoms with Gasteiger partial charge in [0.1, 0.15) is 5.75 Å². The lowest BCUT2D eigenvalue weighted by atomic mass is 9.74. The third-order valence-corrected chi connectivity index (χ3v) is 4.56. The molecule has 0 radical (unpaired) electrons. The van der Waals surface area contributed by atoms with E-state index >= 15 is 0 Å². The maximum atomic E-state index is 5.97. The Morgan fingerprint density at radius 2 is 2.30 bits per heavy atom. The Morgan fingerprint density at radius 3 is 3.05 bits per heavy atom. The summed E-state index contributed by atoms with van der Waals surface area (Å²) in [7, 11) is 0. The third kappa shape index (κ3) is 3.15. The lowest BCUT2D eigenvalue weighted by Crippen LogP contribution is -2.50. The first-order valence-electron chi connectivity index (χ1n) is 7.89. The second kappa shape index (κ2) is 6.15. The topological polar surface area (TPSA) is 30.5 Å². The molecule has 110 valence electrons. The molecule has 1 aliphatic heterocycles. The molecule has 1 saturated carbocycles. The molecule has 1 aliphatic carbocycles. The molecule has 2 aliphatic rings. The number of benzene rings is 1. The van der Waals surface area contributed by atoms with Gasteiger partial charge in [0.2, 0.25) is 0 Å². The summed E-state index contributed by atoms with van der Waals surface area (Å²) in [5.74, 6) is 0.967. The molecule has 1 spiro atoms. The minimum absolute atomic E-state index is 0.225. The van der Waals surface area contributed by atoms with E-state index in [1.807, 2.05) is 13.0 Å². The molecule has 1 saturated heterocycles. The Labute approximate surface area is 121 Å². The average molecular weight is 275 g/mol. The van der Waals surface area contributed by atoms with Gasteiger partial charge < -0.3 is 14.8 Å². The number of nitrogens with one attached hydrogen (secondary N) is 1. The highest BCUT2D eigenvalue weighted by Crippen LogP contribution is 2.42. The summed E-state index contributed by atoms with van der Waals surface area (Å²) >= 11 is 0. The Bertz CT molecular complexity index is 442. The van der Waals surface area contributed by atoms with Gasteiger partial charge >= 0.3 is 0 Å². The average Bonchev–Trinajstić information content (AvgIpc) is 2.45. The van der Waals surface area contributed by atoms with Crippen molar-refractivity contribution in [1.29, 1.82) is 0 Å². The van der Waals surface area contributed by atoms with Crippen LogP contribution >= 0.6 is 0 Å². The molecule has 1 unspecified atom stereocenters. The molecule has 1 aromatic rings. The molecule has 1 heterocycles. The summed E-state index contributed by atoms with van der Waals surface area (Å²) in [6.45, 7) is 4.57. The fourth-order valence-electron chi connectivity index (χ4n) is 3.30. The van der Waals surface area contributed by atoms with Crippen molar-refractivity contribution in [3.63, 3.8) is 0 Å². The van der Waals surface area contributed by atoms with Crippen molar-refractivity contribution in [3.05, 3.63) is 29.8 Å². The van der Waals surface area contributed by atoms with Crippen LogP contribution in [-0.2, 0) is 11.3 Å². The second-order valence-electron chi connectivity index (χ2n) is 6.04. The van der Waals surface area contributed by atoms with Gasteiger partial charge in [-0.3, -0.25) is 0 Å². The molecular weight excluding hydrogens is 250 g/mol. The number of rotatable bonds is 5. The fraction of sp³-hybridized carbons (Fsp3) is 0.647. The summed E-state index contributed by atoms with van der Waals surface area (Å²) in [4.78, 5) is 0. The molecule has 1 aromatic carbocycles. The minimum atomic E-state index is 0.225. The van der Waals surface area contributed by atoms with Gasteiger partial charge in [0.25, 0.3) is 0 Å². The molecule has 0 bridgehead atoms. The smallest absolute Gasteiger partial charge is 0.119 e. The SMILES string of the molecule is CCOc1cccc(CNC2CCOC3(CCC3)C2)c1. The predicted octanol–water partition coefficient (Wildman–Crippen LogP) is 3.28. The molecular formula is C17H25NO2. The third-order valence-electron chi connectivity index (χ3n) is 4.56. The van der Waals surface area contributed by atoms with E-state index in [2.05, 4.69) is 23.5 Å². The Balaban J connectivity index is 1.52. The summed E-state index contributed by atoms with van der Waals surface area (Å²) in [5.41, 5.74) is 1.52. The van der Waals surface area contributed by atoms with Gasteiger partial charge in [0.15, 0.2) is 0 Å². The van der Waals surface area contributed by atoms with Crippen LogP contribution in [0.3, 0.4) is 0 Å². The van der Waals surface area contributed by atoms with Crippen LogP contribution in [0.5, 0.6) is 5.75 Å². The highest BCUT2D eigenvalue weighted by atomic mass is 16.5. The zero-order valence-corrected chi connectivity index (χ0v) is 12.4. The van der Waals surface area contributed by atoms with Crippen LogP contribution in [0.2, 0.25) is 0 Å². The molecule has 1 N–H and O–H groups in total. The van der Waals surface area contributed by atoms with E-state index in [0.29, 0.717) is 6.04 Å². The zero-order valence-electron chi connectivity index (χ0n) is 12.4. The predicted molar refractivity (Wildman–Crippen MR) is 80.0 cm³/mol. The molecule has 20 heavy (non-hydrogen) atoms. The summed E-state index contributed by atoms with van der Waals surface area (Å²) in [6.07, 6.45) is 6.16. The highest BCUT2D eigenvalue weighted by molar-refractivity contribution is 5.28. The Morgan fingerprint density at radius 1 is 1.40 bits per heavy atom. The molecule has 3 nitrogen and oxygen atoms in total. The Hall–Kier alpha value is -1.06. The van der Waals surface area contributed by atoms with Crippen molar-refractivity contribution in [2.45, 2.75) is 57.2 Å². The van der Waals surface area contributed by atoms with E-state index in [-0.39, 0.29) is 5.60 Å². The van der Waals surface area contributed by atoms with E-state index in [4.69, 9.17) is 9.47 Å². The van der Waals surface area contributed by atoms with Gasteiger partial charge in [-0.1, -0.05) is 12.1 Å². The van der Waals surface area contributed by atoms with E-state index in [0.717, 1.165) is 31.9 Å². The van der Waals surface area contributed by atoms with Crippen LogP contribution in [0.4, 0.5) is 0 Å². The number of hydrogen-bond acceptors (Lipinski definition) is 3. The van der Waals surface area contributed by atoms with Crippen molar-refractivity contribution in [3.8, 4) is 5.75 Å². The molecule has 3 rings (SSSR count). The Kier molecular flexibility index (Phi) is 4.27. The van der Waals surface area contributed by atoms with Gasteiger partial charge in [-0.05, 0) is 56.7 Å². The lowest BCUT2D eigenvalue weighted by molar-refractivity contribution is -0.135. The molecule has 2 fully saturated rings. The summed E-state index contributed by atoms with van der Waals surface area (Å²) in [6, 6.07) is 8.98. The van der Waals surface area contributed by atoms with Crippen LogP contribution in [-0.4, -0.2) is 24.9 Å². The van der Waals surface area contributed by atoms with E-state index in [1.165, 1.54) is 31.2 Å². The number of ether oxygens (including phenoxy) is 2. The maximum absolute atomic E-state index is 5.97. The monoisotopic (exact) mass is 275 g/mol. The van der Waals surface area contributed by atoms with Gasteiger partial charge in [-0.2, -0.15) is 0 Å². The van der Waals surface area contributed by atoms with E-state index in [9.17, 15) is 0 Å². The van der Waals surface area contributed by atoms with Crippen molar-refractivity contribution >= 4 is 0 Å². The zero-order chi connectivity index (χ0) is 13.8. The summed E-state index contributed by atoms with van der Waals surface area (Å²) in [5, 5.41) is 3.70. The van der Waals surface area contributed by atoms with Crippen LogP contribution < -0.4 is 10.1 Å². The van der Waals surface area contributed by atoms with Crippen molar-refractivity contribution in [2.24, 2.45) is 0 Å². The van der Waals surface area contributed by atoms with Gasteiger partial charge in [-0.25, -0.2) is 0 Å². The first-order valence-corrected chi connectivity index (χ1v) is 7.89. The van der Waals surface area contributed by atoms with Crippen LogP contribution in [0.25, 0.3) is 0 Å². The van der Waals surface area contributed by atoms with Gasteiger partial charge in [0.05, 0.1) is 12.2 Å². The molecule has 1 atom stereocenters. The minimum Gasteiger partial charge on any atom is -0.494 e. The summed E-state index contributed by atoms with van der Waals surface area (Å²) < 4.78 is 11.5. The highest BCUT2D eigenvalue weighted by Gasteiger charge is 2.42. The maximum Gasteiger partial charge on any atom is 0.119 e. The van der Waals surface area contributed by atoms with Crippen molar-refractivity contribution in [2.75, 3.05) is 13.2 Å². The first kappa shape index (κ1) is 13.9. The fourth-order valence-corrected chi connectivity index (χ4v) is 3.30. The molecule has 0 amide bonds. The van der Waals surface area contributed by atoms with E-state index < -0.39 is 0 Å². The number of hydrogen-bond donors (Lipinski definition) is 1. The van der Waals surface area contributed by atoms with Crippen molar-refractivity contribution < 1.29 is 9.47 Å².